The van der Waals surface area contributed by atoms with E-state index in [0.717, 1.165) is 0 Å². The van der Waals surface area contributed by atoms with Crippen LogP contribution in [0.5, 0.6) is 5.75 Å². The third-order valence-corrected chi connectivity index (χ3v) is 7.21. The Balaban J connectivity index is 1.54. The van der Waals surface area contributed by atoms with E-state index in [-0.39, 0.29) is 17.1 Å². The Kier molecular flexibility index (Phi) is 4.29. The molecule has 4 rings (SSSR count). The molecule has 2 aromatic carbocycles. The van der Waals surface area contributed by atoms with Crippen LogP contribution in [0.25, 0.3) is 0 Å². The number of benzene rings is 2. The zero-order chi connectivity index (χ0) is 18.4. The number of fused-ring (bicyclic) bond motifs is 1. The maximum absolute atomic E-state index is 12.8. The molecule has 2 aliphatic heterocycles. The van der Waals surface area contributed by atoms with Gasteiger partial charge in [0.15, 0.2) is 5.78 Å². The highest BCUT2D eigenvalue weighted by molar-refractivity contribution is 7.89. The van der Waals surface area contributed by atoms with E-state index >= 15 is 0 Å². The fraction of sp³-hybridized carbons (Fsp3) is 0.316. The van der Waals surface area contributed by atoms with Crippen LogP contribution in [0.3, 0.4) is 0 Å². The maximum Gasteiger partial charge on any atom is 0.243 e. The molecule has 0 unspecified atom stereocenters. The van der Waals surface area contributed by atoms with E-state index in [1.54, 1.807) is 48.5 Å². The Morgan fingerprint density at radius 3 is 2.42 bits per heavy atom. The topological polar surface area (TPSA) is 63.7 Å². The van der Waals surface area contributed by atoms with Crippen molar-refractivity contribution in [3.05, 3.63) is 59.1 Å². The van der Waals surface area contributed by atoms with Gasteiger partial charge >= 0.3 is 0 Å². The van der Waals surface area contributed by atoms with Gasteiger partial charge in [-0.25, -0.2) is 8.42 Å². The molecular formula is C19H18ClNO4S. The molecule has 2 aliphatic rings. The largest absolute Gasteiger partial charge is 0.486 e. The van der Waals surface area contributed by atoms with E-state index in [4.69, 9.17) is 16.3 Å². The van der Waals surface area contributed by atoms with Crippen molar-refractivity contribution in [2.45, 2.75) is 29.8 Å². The molecule has 0 N–H and O–H groups in total. The SMILES string of the molecule is O=C1CC2(CCN(S(=O)(=O)c3ccccc3)CC2)Oc2ccc(Cl)cc21. The number of piperidine rings is 1. The Bertz CT molecular complexity index is 951. The Morgan fingerprint density at radius 1 is 1.04 bits per heavy atom. The van der Waals surface area contributed by atoms with Gasteiger partial charge in [0, 0.05) is 31.0 Å². The zero-order valence-electron chi connectivity index (χ0n) is 14.0. The number of halogens is 1. The van der Waals surface area contributed by atoms with Crippen molar-refractivity contribution in [3.63, 3.8) is 0 Å². The van der Waals surface area contributed by atoms with Gasteiger partial charge in [-0.1, -0.05) is 29.8 Å². The number of ether oxygens (including phenoxy) is 1. The minimum Gasteiger partial charge on any atom is -0.486 e. The van der Waals surface area contributed by atoms with Gasteiger partial charge in [-0.3, -0.25) is 4.79 Å². The van der Waals surface area contributed by atoms with Crippen LogP contribution in [-0.2, 0) is 10.0 Å². The molecule has 1 fully saturated rings. The number of hydrogen-bond acceptors (Lipinski definition) is 4. The average molecular weight is 392 g/mol. The Hall–Kier alpha value is -1.89. The molecule has 0 aromatic heterocycles. The highest BCUT2D eigenvalue weighted by atomic mass is 35.5. The molecule has 0 aliphatic carbocycles. The van der Waals surface area contributed by atoms with Crippen molar-refractivity contribution < 1.29 is 17.9 Å². The van der Waals surface area contributed by atoms with Gasteiger partial charge in [0.25, 0.3) is 0 Å². The Labute approximate surface area is 157 Å². The second kappa shape index (κ2) is 6.37. The molecule has 2 heterocycles. The maximum atomic E-state index is 12.8. The van der Waals surface area contributed by atoms with Crippen LogP contribution in [-0.4, -0.2) is 37.2 Å². The first-order valence-electron chi connectivity index (χ1n) is 8.47. The number of hydrogen-bond donors (Lipinski definition) is 0. The molecule has 0 bridgehead atoms. The standard InChI is InChI=1S/C19H18ClNO4S/c20-14-6-7-18-16(12-14)17(22)13-19(25-18)8-10-21(11-9-19)26(23,24)15-4-2-1-3-5-15/h1-7,12H,8-11,13H2. The lowest BCUT2D eigenvalue weighted by molar-refractivity contribution is 0.00591. The summed E-state index contributed by atoms with van der Waals surface area (Å²) in [5, 5.41) is 0.500. The molecule has 7 heteroatoms. The van der Waals surface area contributed by atoms with Crippen molar-refractivity contribution >= 4 is 27.4 Å². The van der Waals surface area contributed by atoms with Crippen molar-refractivity contribution in [1.82, 2.24) is 4.31 Å². The molecule has 5 nitrogen and oxygen atoms in total. The number of carbonyl (C=O) groups is 1. The molecule has 0 amide bonds. The Morgan fingerprint density at radius 2 is 1.73 bits per heavy atom. The van der Waals surface area contributed by atoms with E-state index in [0.29, 0.717) is 42.3 Å². The number of carbonyl (C=O) groups excluding carboxylic acids is 1. The van der Waals surface area contributed by atoms with E-state index in [2.05, 4.69) is 0 Å². The summed E-state index contributed by atoms with van der Waals surface area (Å²) in [6, 6.07) is 13.4. The van der Waals surface area contributed by atoms with Gasteiger partial charge in [-0.05, 0) is 30.3 Å². The molecule has 1 spiro atoms. The van der Waals surface area contributed by atoms with E-state index < -0.39 is 15.6 Å². The van der Waals surface area contributed by atoms with Gasteiger partial charge in [-0.2, -0.15) is 4.31 Å². The van der Waals surface area contributed by atoms with Crippen LogP contribution >= 0.6 is 11.6 Å². The molecule has 0 saturated carbocycles. The molecule has 136 valence electrons. The summed E-state index contributed by atoms with van der Waals surface area (Å²) in [5.74, 6) is 0.526. The second-order valence-corrected chi connectivity index (χ2v) is 9.12. The van der Waals surface area contributed by atoms with Crippen molar-refractivity contribution in [2.24, 2.45) is 0 Å². The molecule has 2 aromatic rings. The number of Topliss-reactive ketones (excluding diaryl/α,β-unsaturated/α-hetero) is 1. The lowest BCUT2D eigenvalue weighted by Gasteiger charge is -2.43. The van der Waals surface area contributed by atoms with Gasteiger partial charge in [0.2, 0.25) is 10.0 Å². The van der Waals surface area contributed by atoms with Crippen LogP contribution < -0.4 is 4.74 Å². The minimum absolute atomic E-state index is 0.00637. The van der Waals surface area contributed by atoms with Gasteiger partial charge in [0.1, 0.15) is 11.4 Å². The fourth-order valence-electron chi connectivity index (χ4n) is 3.62. The second-order valence-electron chi connectivity index (χ2n) is 6.74. The minimum atomic E-state index is -3.52. The lowest BCUT2D eigenvalue weighted by Crippen LogP contribution is -2.52. The van der Waals surface area contributed by atoms with Crippen LogP contribution in [0.1, 0.15) is 29.6 Å². The van der Waals surface area contributed by atoms with Crippen molar-refractivity contribution in [2.75, 3.05) is 13.1 Å². The fourth-order valence-corrected chi connectivity index (χ4v) is 5.26. The monoisotopic (exact) mass is 391 g/mol. The number of nitrogens with zero attached hydrogens (tertiary/aromatic N) is 1. The molecule has 26 heavy (non-hydrogen) atoms. The highest BCUT2D eigenvalue weighted by Gasteiger charge is 2.45. The number of rotatable bonds is 2. The molecule has 0 atom stereocenters. The summed E-state index contributed by atoms with van der Waals surface area (Å²) in [5.41, 5.74) is -0.136. The predicted octanol–water partition coefficient (Wildman–Crippen LogP) is 3.53. The summed E-state index contributed by atoms with van der Waals surface area (Å²) in [7, 11) is -3.52. The average Bonchev–Trinajstić information content (AvgIpc) is 2.64. The van der Waals surface area contributed by atoms with Crippen LogP contribution in [0.4, 0.5) is 0 Å². The first kappa shape index (κ1) is 17.5. The zero-order valence-corrected chi connectivity index (χ0v) is 15.6. The normalized spacial score (nSPS) is 19.8. The van der Waals surface area contributed by atoms with E-state index in [1.807, 2.05) is 0 Å². The summed E-state index contributed by atoms with van der Waals surface area (Å²) in [6.07, 6.45) is 1.21. The molecule has 1 saturated heterocycles. The summed E-state index contributed by atoms with van der Waals surface area (Å²) >= 11 is 5.97. The highest BCUT2D eigenvalue weighted by Crippen LogP contribution is 2.40. The van der Waals surface area contributed by atoms with Crippen LogP contribution in [0, 0.1) is 0 Å². The first-order chi connectivity index (χ1) is 12.4. The third-order valence-electron chi connectivity index (χ3n) is 5.07. The van der Waals surface area contributed by atoms with Gasteiger partial charge in [-0.15, -0.1) is 0 Å². The third kappa shape index (κ3) is 3.02. The summed E-state index contributed by atoms with van der Waals surface area (Å²) < 4.78 is 33.1. The number of sulfonamides is 1. The smallest absolute Gasteiger partial charge is 0.243 e. The van der Waals surface area contributed by atoms with E-state index in [9.17, 15) is 13.2 Å². The van der Waals surface area contributed by atoms with Crippen LogP contribution in [0.15, 0.2) is 53.4 Å². The van der Waals surface area contributed by atoms with Gasteiger partial charge in [0.05, 0.1) is 16.9 Å². The predicted molar refractivity (Wildman–Crippen MR) is 98.2 cm³/mol. The first-order valence-corrected chi connectivity index (χ1v) is 10.3. The molecular weight excluding hydrogens is 374 g/mol. The summed E-state index contributed by atoms with van der Waals surface area (Å²) in [4.78, 5) is 12.8. The quantitative estimate of drug-likeness (QED) is 0.785. The lowest BCUT2D eigenvalue weighted by atomic mass is 9.83. The van der Waals surface area contributed by atoms with Gasteiger partial charge < -0.3 is 4.74 Å². The molecule has 0 radical (unpaired) electrons. The van der Waals surface area contributed by atoms with Crippen LogP contribution in [0.2, 0.25) is 5.02 Å². The van der Waals surface area contributed by atoms with Crippen molar-refractivity contribution in [3.8, 4) is 5.75 Å². The summed E-state index contributed by atoms with van der Waals surface area (Å²) in [6.45, 7) is 0.654. The van der Waals surface area contributed by atoms with Crippen molar-refractivity contribution in [1.29, 1.82) is 0 Å². The number of ketones is 1. The van der Waals surface area contributed by atoms with E-state index in [1.165, 1.54) is 4.31 Å².